The maximum Gasteiger partial charge on any atom is 0.407 e. The number of carbonyl (C=O) groups is 1. The number of benzene rings is 1. The van der Waals surface area contributed by atoms with Crippen molar-refractivity contribution in [1.82, 2.24) is 5.32 Å². The van der Waals surface area contributed by atoms with Gasteiger partial charge in [-0.15, -0.1) is 0 Å². The summed E-state index contributed by atoms with van der Waals surface area (Å²) in [5.41, 5.74) is 5.39. The summed E-state index contributed by atoms with van der Waals surface area (Å²) in [6, 6.07) is 1.81. The van der Waals surface area contributed by atoms with Crippen molar-refractivity contribution < 1.29 is 18.3 Å². The van der Waals surface area contributed by atoms with Gasteiger partial charge in [0.2, 0.25) is 0 Å². The van der Waals surface area contributed by atoms with Crippen LogP contribution in [-0.2, 0) is 11.2 Å². The van der Waals surface area contributed by atoms with E-state index in [0.717, 1.165) is 6.07 Å². The van der Waals surface area contributed by atoms with E-state index in [1.54, 1.807) is 20.8 Å². The number of ether oxygens (including phenoxy) is 1. The molecule has 0 radical (unpaired) electrons. The van der Waals surface area contributed by atoms with Gasteiger partial charge in [0.25, 0.3) is 0 Å². The molecule has 3 N–H and O–H groups in total. The van der Waals surface area contributed by atoms with E-state index in [1.807, 2.05) is 0 Å². The molecule has 0 aliphatic heterocycles. The second-order valence-electron chi connectivity index (χ2n) is 5.68. The Morgan fingerprint density at radius 3 is 2.62 bits per heavy atom. The second-order valence-corrected chi connectivity index (χ2v) is 6.06. The summed E-state index contributed by atoms with van der Waals surface area (Å²) in [6.45, 7) is 5.32. The minimum atomic E-state index is -0.829. The molecular formula is C14H19ClF2N2O2. The molecule has 1 aromatic carbocycles. The summed E-state index contributed by atoms with van der Waals surface area (Å²) in [5.74, 6) is -1.65. The van der Waals surface area contributed by atoms with Crippen molar-refractivity contribution in [3.05, 3.63) is 34.4 Å². The Balaban J connectivity index is 2.53. The lowest BCUT2D eigenvalue weighted by molar-refractivity contribution is 0.0524. The quantitative estimate of drug-likeness (QED) is 0.838. The standard InChI is InChI=1S/C14H19ClF2N2O2/c1-14(2,3)21-13(20)19-7-9(18)6-8-4-5-10(16)11(15)12(8)17/h4-5,9H,6-7,18H2,1-3H3,(H,19,20). The molecule has 4 nitrogen and oxygen atoms in total. The van der Waals surface area contributed by atoms with Gasteiger partial charge in [0, 0.05) is 12.6 Å². The molecule has 1 amide bonds. The topological polar surface area (TPSA) is 64.3 Å². The van der Waals surface area contributed by atoms with Crippen LogP contribution < -0.4 is 11.1 Å². The van der Waals surface area contributed by atoms with E-state index >= 15 is 0 Å². The molecule has 0 spiro atoms. The van der Waals surface area contributed by atoms with Crippen LogP contribution in [0.4, 0.5) is 13.6 Å². The lowest BCUT2D eigenvalue weighted by Gasteiger charge is -2.21. The molecule has 1 unspecified atom stereocenters. The van der Waals surface area contributed by atoms with Crippen LogP contribution in [0.1, 0.15) is 26.3 Å². The predicted molar refractivity (Wildman–Crippen MR) is 77.3 cm³/mol. The fourth-order valence-corrected chi connectivity index (χ4v) is 1.79. The summed E-state index contributed by atoms with van der Waals surface area (Å²) in [4.78, 5) is 11.4. The van der Waals surface area contributed by atoms with Gasteiger partial charge in [-0.1, -0.05) is 17.7 Å². The van der Waals surface area contributed by atoms with Gasteiger partial charge in [0.1, 0.15) is 22.3 Å². The van der Waals surface area contributed by atoms with Crippen molar-refractivity contribution >= 4 is 17.7 Å². The van der Waals surface area contributed by atoms with Crippen LogP contribution in [0.15, 0.2) is 12.1 Å². The lowest BCUT2D eigenvalue weighted by atomic mass is 10.1. The molecule has 0 aliphatic carbocycles. The molecule has 0 aromatic heterocycles. The number of hydrogen-bond donors (Lipinski definition) is 2. The summed E-state index contributed by atoms with van der Waals surface area (Å²) in [7, 11) is 0. The zero-order valence-corrected chi connectivity index (χ0v) is 12.9. The highest BCUT2D eigenvalue weighted by molar-refractivity contribution is 6.30. The molecule has 0 saturated heterocycles. The first-order valence-corrected chi connectivity index (χ1v) is 6.82. The molecular weight excluding hydrogens is 302 g/mol. The summed E-state index contributed by atoms with van der Waals surface area (Å²) < 4.78 is 31.8. The van der Waals surface area contributed by atoms with Crippen molar-refractivity contribution in [2.45, 2.75) is 38.8 Å². The van der Waals surface area contributed by atoms with Gasteiger partial charge in [0.15, 0.2) is 0 Å². The van der Waals surface area contributed by atoms with E-state index in [2.05, 4.69) is 5.32 Å². The van der Waals surface area contributed by atoms with E-state index in [1.165, 1.54) is 6.07 Å². The summed E-state index contributed by atoms with van der Waals surface area (Å²) in [6.07, 6.45) is -0.489. The molecule has 1 rings (SSSR count). The monoisotopic (exact) mass is 320 g/mol. The first-order chi connectivity index (χ1) is 9.60. The molecule has 0 aliphatic rings. The third kappa shape index (κ3) is 5.85. The first kappa shape index (κ1) is 17.7. The van der Waals surface area contributed by atoms with Crippen molar-refractivity contribution in [2.75, 3.05) is 6.54 Å². The number of nitrogens with one attached hydrogen (secondary N) is 1. The van der Waals surface area contributed by atoms with Crippen LogP contribution in [0.2, 0.25) is 5.02 Å². The zero-order chi connectivity index (χ0) is 16.2. The fraction of sp³-hybridized carbons (Fsp3) is 0.500. The third-order valence-electron chi connectivity index (χ3n) is 2.50. The Kier molecular flexibility index (Phi) is 5.92. The van der Waals surface area contributed by atoms with Gasteiger partial charge in [-0.25, -0.2) is 13.6 Å². The van der Waals surface area contributed by atoms with Crippen molar-refractivity contribution in [2.24, 2.45) is 5.73 Å². The first-order valence-electron chi connectivity index (χ1n) is 6.45. The number of rotatable bonds is 4. The average molecular weight is 321 g/mol. The van der Waals surface area contributed by atoms with Gasteiger partial charge in [0.05, 0.1) is 0 Å². The Labute approximate surface area is 127 Å². The van der Waals surface area contributed by atoms with Gasteiger partial charge >= 0.3 is 6.09 Å². The smallest absolute Gasteiger partial charge is 0.407 e. The largest absolute Gasteiger partial charge is 0.444 e. The van der Waals surface area contributed by atoms with E-state index in [9.17, 15) is 13.6 Å². The molecule has 0 heterocycles. The minimum Gasteiger partial charge on any atom is -0.444 e. The van der Waals surface area contributed by atoms with Crippen molar-refractivity contribution in [3.63, 3.8) is 0 Å². The minimum absolute atomic E-state index is 0.101. The van der Waals surface area contributed by atoms with Crippen LogP contribution in [0.3, 0.4) is 0 Å². The van der Waals surface area contributed by atoms with E-state index in [-0.39, 0.29) is 18.5 Å². The highest BCUT2D eigenvalue weighted by atomic mass is 35.5. The summed E-state index contributed by atoms with van der Waals surface area (Å²) >= 11 is 5.49. The number of nitrogens with two attached hydrogens (primary N) is 1. The number of carbonyl (C=O) groups excluding carboxylic acids is 1. The average Bonchev–Trinajstić information content (AvgIpc) is 2.35. The molecule has 1 atom stereocenters. The fourth-order valence-electron chi connectivity index (χ4n) is 1.61. The molecule has 0 saturated carbocycles. The predicted octanol–water partition coefficient (Wildman–Crippen LogP) is 3.01. The normalized spacial score (nSPS) is 12.9. The SMILES string of the molecule is CC(C)(C)OC(=O)NCC(N)Cc1ccc(F)c(Cl)c1F. The number of amides is 1. The van der Waals surface area contributed by atoms with E-state index in [0.29, 0.717) is 0 Å². The molecule has 1 aromatic rings. The van der Waals surface area contributed by atoms with Crippen molar-refractivity contribution in [1.29, 1.82) is 0 Å². The molecule has 0 fully saturated rings. The third-order valence-corrected chi connectivity index (χ3v) is 2.85. The maximum absolute atomic E-state index is 13.7. The number of alkyl carbamates (subject to hydrolysis) is 1. The lowest BCUT2D eigenvalue weighted by Crippen LogP contribution is -2.41. The van der Waals surface area contributed by atoms with Crippen LogP contribution in [-0.4, -0.2) is 24.3 Å². The van der Waals surface area contributed by atoms with Gasteiger partial charge in [-0.05, 0) is 38.8 Å². The van der Waals surface area contributed by atoms with Crippen LogP contribution in [0.25, 0.3) is 0 Å². The Morgan fingerprint density at radius 1 is 1.43 bits per heavy atom. The Hall–Kier alpha value is -1.40. The Morgan fingerprint density at radius 2 is 2.05 bits per heavy atom. The molecule has 118 valence electrons. The van der Waals surface area contributed by atoms with E-state index in [4.69, 9.17) is 22.1 Å². The number of hydrogen-bond acceptors (Lipinski definition) is 3. The van der Waals surface area contributed by atoms with Crippen LogP contribution in [0, 0.1) is 11.6 Å². The van der Waals surface area contributed by atoms with Crippen LogP contribution in [0.5, 0.6) is 0 Å². The highest BCUT2D eigenvalue weighted by Gasteiger charge is 2.18. The molecule has 21 heavy (non-hydrogen) atoms. The zero-order valence-electron chi connectivity index (χ0n) is 12.2. The number of halogens is 3. The van der Waals surface area contributed by atoms with Crippen molar-refractivity contribution in [3.8, 4) is 0 Å². The van der Waals surface area contributed by atoms with Crippen LogP contribution >= 0.6 is 11.6 Å². The van der Waals surface area contributed by atoms with Gasteiger partial charge < -0.3 is 15.8 Å². The van der Waals surface area contributed by atoms with Gasteiger partial charge in [-0.2, -0.15) is 0 Å². The molecule has 0 bridgehead atoms. The van der Waals surface area contributed by atoms with E-state index < -0.39 is 34.4 Å². The van der Waals surface area contributed by atoms with Gasteiger partial charge in [-0.3, -0.25) is 0 Å². The molecule has 7 heteroatoms. The maximum atomic E-state index is 13.7. The highest BCUT2D eigenvalue weighted by Crippen LogP contribution is 2.22. The Bertz CT molecular complexity index is 518. The summed E-state index contributed by atoms with van der Waals surface area (Å²) in [5, 5.41) is 1.93. The second kappa shape index (κ2) is 7.04.